The summed E-state index contributed by atoms with van der Waals surface area (Å²) in [5.74, 6) is 1.29. The van der Waals surface area contributed by atoms with Gasteiger partial charge >= 0.3 is 0 Å². The van der Waals surface area contributed by atoms with Crippen molar-refractivity contribution < 1.29 is 9.53 Å². The van der Waals surface area contributed by atoms with E-state index in [-0.39, 0.29) is 12.5 Å². The molecule has 134 valence electrons. The first-order chi connectivity index (χ1) is 12.7. The maximum absolute atomic E-state index is 12.4. The third kappa shape index (κ3) is 3.63. The zero-order chi connectivity index (χ0) is 17.9. The fourth-order valence-corrected chi connectivity index (χ4v) is 3.35. The number of hydrogen-bond acceptors (Lipinski definition) is 8. The second-order valence-corrected chi connectivity index (χ2v) is 6.56. The van der Waals surface area contributed by atoms with E-state index in [2.05, 4.69) is 28.9 Å². The van der Waals surface area contributed by atoms with Crippen LogP contribution in [0.5, 0.6) is 0 Å². The van der Waals surface area contributed by atoms with E-state index >= 15 is 0 Å². The van der Waals surface area contributed by atoms with Crippen molar-refractivity contribution in [1.82, 2.24) is 24.0 Å². The van der Waals surface area contributed by atoms with Crippen molar-refractivity contribution in [2.24, 2.45) is 0 Å². The van der Waals surface area contributed by atoms with E-state index in [9.17, 15) is 4.79 Å². The molecule has 0 radical (unpaired) electrons. The van der Waals surface area contributed by atoms with E-state index in [0.29, 0.717) is 24.6 Å². The largest absolute Gasteiger partial charge is 0.378 e. The molecule has 0 aliphatic carbocycles. The van der Waals surface area contributed by atoms with E-state index in [1.807, 2.05) is 13.0 Å². The van der Waals surface area contributed by atoms with Crippen LogP contribution in [0.2, 0.25) is 0 Å². The van der Waals surface area contributed by atoms with E-state index in [1.165, 1.54) is 0 Å². The highest BCUT2D eigenvalue weighted by Gasteiger charge is 2.15. The Balaban J connectivity index is 1.46. The third-order valence-corrected chi connectivity index (χ3v) is 4.70. The maximum atomic E-state index is 12.4. The minimum atomic E-state index is -0.182. The van der Waals surface area contributed by atoms with E-state index in [0.717, 1.165) is 47.4 Å². The van der Waals surface area contributed by atoms with Crippen LogP contribution in [0.25, 0.3) is 11.0 Å². The normalized spacial score (nSPS) is 14.6. The number of nitrogens with zero attached hydrogens (tertiary/aromatic N) is 5. The van der Waals surface area contributed by atoms with Crippen LogP contribution in [0, 0.1) is 6.92 Å². The lowest BCUT2D eigenvalue weighted by molar-refractivity contribution is 0.0950. The zero-order valence-electron chi connectivity index (χ0n) is 14.3. The average molecular weight is 370 g/mol. The smallest absolute Gasteiger partial charge is 0.251 e. The SMILES string of the molecule is Cc1cc(N2CCOCC2)nc(CNC(=O)c2ccc3nsnc3c2)n1. The van der Waals surface area contributed by atoms with Crippen LogP contribution < -0.4 is 10.2 Å². The molecule has 1 saturated heterocycles. The lowest BCUT2D eigenvalue weighted by Gasteiger charge is -2.28. The van der Waals surface area contributed by atoms with Crippen molar-refractivity contribution in [2.45, 2.75) is 13.5 Å². The highest BCUT2D eigenvalue weighted by atomic mass is 32.1. The van der Waals surface area contributed by atoms with Crippen molar-refractivity contribution in [2.75, 3.05) is 31.2 Å². The number of rotatable bonds is 4. The molecule has 1 aliphatic rings. The fraction of sp³-hybridized carbons (Fsp3) is 0.353. The number of anilines is 1. The highest BCUT2D eigenvalue weighted by Crippen LogP contribution is 2.15. The zero-order valence-corrected chi connectivity index (χ0v) is 15.1. The van der Waals surface area contributed by atoms with Crippen molar-refractivity contribution >= 4 is 34.5 Å². The van der Waals surface area contributed by atoms with Crippen LogP contribution in [0.15, 0.2) is 24.3 Å². The number of amides is 1. The van der Waals surface area contributed by atoms with Crippen LogP contribution in [0.1, 0.15) is 21.9 Å². The van der Waals surface area contributed by atoms with Gasteiger partial charge in [0.1, 0.15) is 22.7 Å². The molecule has 9 heteroatoms. The molecule has 0 atom stereocenters. The van der Waals surface area contributed by atoms with Gasteiger partial charge in [0.2, 0.25) is 0 Å². The minimum absolute atomic E-state index is 0.182. The summed E-state index contributed by atoms with van der Waals surface area (Å²) in [4.78, 5) is 23.6. The lowest BCUT2D eigenvalue weighted by Crippen LogP contribution is -2.37. The number of aromatic nitrogens is 4. The van der Waals surface area contributed by atoms with Gasteiger partial charge in [-0.2, -0.15) is 8.75 Å². The molecule has 1 fully saturated rings. The summed E-state index contributed by atoms with van der Waals surface area (Å²) in [7, 11) is 0. The Labute approximate surface area is 154 Å². The molecule has 3 heterocycles. The Hall–Kier alpha value is -2.65. The van der Waals surface area contributed by atoms with Crippen LogP contribution in [-0.4, -0.2) is 50.9 Å². The summed E-state index contributed by atoms with van der Waals surface area (Å²) in [6.45, 7) is 5.21. The molecule has 0 saturated carbocycles. The third-order valence-electron chi connectivity index (χ3n) is 4.15. The van der Waals surface area contributed by atoms with Crippen LogP contribution in [0.4, 0.5) is 5.82 Å². The number of carbonyl (C=O) groups excluding carboxylic acids is 1. The molecule has 1 amide bonds. The molecule has 4 rings (SSSR count). The molecule has 2 aromatic heterocycles. The Kier molecular flexibility index (Phi) is 4.72. The minimum Gasteiger partial charge on any atom is -0.378 e. The molecule has 1 aromatic carbocycles. The molecule has 8 nitrogen and oxygen atoms in total. The van der Waals surface area contributed by atoms with Gasteiger partial charge in [0.05, 0.1) is 31.5 Å². The number of benzene rings is 1. The summed E-state index contributed by atoms with van der Waals surface area (Å²) >= 11 is 1.13. The maximum Gasteiger partial charge on any atom is 0.251 e. The van der Waals surface area contributed by atoms with Gasteiger partial charge in [-0.25, -0.2) is 9.97 Å². The fourth-order valence-electron chi connectivity index (χ4n) is 2.83. The van der Waals surface area contributed by atoms with Gasteiger partial charge in [-0.3, -0.25) is 4.79 Å². The van der Waals surface area contributed by atoms with Gasteiger partial charge < -0.3 is 15.0 Å². The molecule has 0 spiro atoms. The number of morpholine rings is 1. The predicted octanol–water partition coefficient (Wildman–Crippen LogP) is 1.56. The van der Waals surface area contributed by atoms with Gasteiger partial charge in [0.15, 0.2) is 0 Å². The number of ether oxygens (including phenoxy) is 1. The monoisotopic (exact) mass is 370 g/mol. The Bertz CT molecular complexity index is 938. The van der Waals surface area contributed by atoms with Crippen LogP contribution >= 0.6 is 11.7 Å². The topological polar surface area (TPSA) is 93.1 Å². The molecule has 0 bridgehead atoms. The lowest BCUT2D eigenvalue weighted by atomic mass is 10.2. The number of nitrogens with one attached hydrogen (secondary N) is 1. The Morgan fingerprint density at radius 2 is 2.00 bits per heavy atom. The molecule has 1 aliphatic heterocycles. The number of aryl methyl sites for hydroxylation is 1. The van der Waals surface area contributed by atoms with E-state index in [4.69, 9.17) is 4.74 Å². The molecule has 0 unspecified atom stereocenters. The second kappa shape index (κ2) is 7.30. The summed E-state index contributed by atoms with van der Waals surface area (Å²) < 4.78 is 13.7. The Morgan fingerprint density at radius 1 is 1.19 bits per heavy atom. The Morgan fingerprint density at radius 3 is 2.85 bits per heavy atom. The summed E-state index contributed by atoms with van der Waals surface area (Å²) in [6, 6.07) is 7.24. The average Bonchev–Trinajstić information content (AvgIpc) is 3.14. The number of carbonyl (C=O) groups is 1. The standard InChI is InChI=1S/C17H18N6O2S/c1-11-8-16(23-4-6-25-7-5-23)20-15(19-11)10-18-17(24)12-2-3-13-14(9-12)22-26-21-13/h2-3,8-9H,4-7,10H2,1H3,(H,18,24). The van der Waals surface area contributed by atoms with Gasteiger partial charge in [0.25, 0.3) is 5.91 Å². The quantitative estimate of drug-likeness (QED) is 0.745. The molecular weight excluding hydrogens is 352 g/mol. The van der Waals surface area contributed by atoms with Gasteiger partial charge in [-0.1, -0.05) is 0 Å². The molecule has 3 aromatic rings. The van der Waals surface area contributed by atoms with E-state index in [1.54, 1.807) is 18.2 Å². The van der Waals surface area contributed by atoms with Gasteiger partial charge in [0, 0.05) is 30.4 Å². The van der Waals surface area contributed by atoms with Crippen molar-refractivity contribution in [3.8, 4) is 0 Å². The summed E-state index contributed by atoms with van der Waals surface area (Å²) in [5.41, 5.74) is 2.94. The van der Waals surface area contributed by atoms with Crippen LogP contribution in [0.3, 0.4) is 0 Å². The molecule has 1 N–H and O–H groups in total. The van der Waals surface area contributed by atoms with Crippen molar-refractivity contribution in [3.05, 3.63) is 41.3 Å². The second-order valence-electron chi connectivity index (χ2n) is 6.03. The first-order valence-electron chi connectivity index (χ1n) is 8.37. The van der Waals surface area contributed by atoms with E-state index < -0.39 is 0 Å². The summed E-state index contributed by atoms with van der Waals surface area (Å²) in [6.07, 6.45) is 0. The van der Waals surface area contributed by atoms with Crippen molar-refractivity contribution in [3.63, 3.8) is 0 Å². The number of fused-ring (bicyclic) bond motifs is 1. The summed E-state index contributed by atoms with van der Waals surface area (Å²) in [5, 5.41) is 2.88. The predicted molar refractivity (Wildman–Crippen MR) is 98.4 cm³/mol. The first-order valence-corrected chi connectivity index (χ1v) is 9.10. The van der Waals surface area contributed by atoms with Gasteiger partial charge in [-0.15, -0.1) is 0 Å². The van der Waals surface area contributed by atoms with Crippen LogP contribution in [-0.2, 0) is 11.3 Å². The highest BCUT2D eigenvalue weighted by molar-refractivity contribution is 7.00. The van der Waals surface area contributed by atoms with Crippen molar-refractivity contribution in [1.29, 1.82) is 0 Å². The molecule has 26 heavy (non-hydrogen) atoms. The molecular formula is C17H18N6O2S. The van der Waals surface area contributed by atoms with Gasteiger partial charge in [-0.05, 0) is 25.1 Å². The number of hydrogen-bond donors (Lipinski definition) is 1. The first kappa shape index (κ1) is 16.8.